The molecule has 1 aromatic rings. The number of hydrogen-bond donors (Lipinski definition) is 1. The summed E-state index contributed by atoms with van der Waals surface area (Å²) in [5.74, 6) is 0. The fourth-order valence-corrected chi connectivity index (χ4v) is 3.72. The third kappa shape index (κ3) is 3.04. The summed E-state index contributed by atoms with van der Waals surface area (Å²) < 4.78 is 26.4. The molecule has 0 saturated heterocycles. The first-order chi connectivity index (χ1) is 7.39. The van der Waals surface area contributed by atoms with Crippen molar-refractivity contribution in [3.63, 3.8) is 0 Å². The average Bonchev–Trinajstić information content (AvgIpc) is 2.22. The highest BCUT2D eigenvalue weighted by Gasteiger charge is 2.22. The molecule has 0 fully saturated rings. The third-order valence-corrected chi connectivity index (χ3v) is 5.34. The molecule has 0 aliphatic carbocycles. The Morgan fingerprint density at radius 1 is 1.38 bits per heavy atom. The minimum Gasteiger partial charge on any atom is -0.395 e. The molecule has 7 heteroatoms. The lowest BCUT2D eigenvalue weighted by atomic mass is 10.4. The molecule has 0 amide bonds. The molecule has 16 heavy (non-hydrogen) atoms. The van der Waals surface area contributed by atoms with Crippen LogP contribution in [0.4, 0.5) is 0 Å². The summed E-state index contributed by atoms with van der Waals surface area (Å²) in [5, 5.41) is 8.74. The average molecular weight is 373 g/mol. The topological polar surface area (TPSA) is 57.6 Å². The van der Waals surface area contributed by atoms with Crippen LogP contribution in [0, 0.1) is 0 Å². The van der Waals surface area contributed by atoms with Gasteiger partial charge in [-0.3, -0.25) is 0 Å². The fourth-order valence-electron chi connectivity index (χ4n) is 1.10. The molecular weight excluding hydrogens is 362 g/mol. The van der Waals surface area contributed by atoms with E-state index >= 15 is 0 Å². The molecule has 4 nitrogen and oxygen atoms in total. The van der Waals surface area contributed by atoms with E-state index in [1.165, 1.54) is 13.1 Å². The molecule has 0 aliphatic rings. The Labute approximate surface area is 112 Å². The van der Waals surface area contributed by atoms with Gasteiger partial charge in [0.25, 0.3) is 0 Å². The minimum atomic E-state index is -3.56. The third-order valence-electron chi connectivity index (χ3n) is 2.00. The Kier molecular flexibility index (Phi) is 4.93. The molecule has 0 aromatic heterocycles. The first-order valence-corrected chi connectivity index (χ1v) is 7.44. The number of nitrogens with zero attached hydrogens (tertiary/aromatic N) is 1. The normalized spacial score (nSPS) is 12.1. The van der Waals surface area contributed by atoms with Crippen molar-refractivity contribution in [3.8, 4) is 0 Å². The Bertz CT molecular complexity index is 476. The van der Waals surface area contributed by atoms with Crippen molar-refractivity contribution in [2.75, 3.05) is 20.2 Å². The highest BCUT2D eigenvalue weighted by atomic mass is 79.9. The first kappa shape index (κ1) is 14.1. The van der Waals surface area contributed by atoms with Crippen LogP contribution >= 0.6 is 31.9 Å². The zero-order valence-corrected chi connectivity index (χ0v) is 12.5. The zero-order chi connectivity index (χ0) is 12.3. The van der Waals surface area contributed by atoms with Crippen molar-refractivity contribution in [2.24, 2.45) is 0 Å². The van der Waals surface area contributed by atoms with Crippen LogP contribution in [0.2, 0.25) is 0 Å². The molecule has 1 rings (SSSR count). The quantitative estimate of drug-likeness (QED) is 0.877. The summed E-state index contributed by atoms with van der Waals surface area (Å²) in [6.07, 6.45) is 0. The molecule has 0 spiro atoms. The SMILES string of the molecule is CN(CCO)S(=O)(=O)c1cc(Br)ccc1Br. The number of aliphatic hydroxyl groups is 1. The molecule has 0 radical (unpaired) electrons. The van der Waals surface area contributed by atoms with Gasteiger partial charge in [0, 0.05) is 22.5 Å². The predicted molar refractivity (Wildman–Crippen MR) is 68.7 cm³/mol. The van der Waals surface area contributed by atoms with Crippen LogP contribution in [-0.2, 0) is 10.0 Å². The lowest BCUT2D eigenvalue weighted by molar-refractivity contribution is 0.266. The van der Waals surface area contributed by atoms with Gasteiger partial charge in [-0.1, -0.05) is 15.9 Å². The van der Waals surface area contributed by atoms with Crippen molar-refractivity contribution in [2.45, 2.75) is 4.90 Å². The van der Waals surface area contributed by atoms with E-state index in [9.17, 15) is 8.42 Å². The highest BCUT2D eigenvalue weighted by molar-refractivity contribution is 9.11. The maximum Gasteiger partial charge on any atom is 0.244 e. The van der Waals surface area contributed by atoms with Crippen molar-refractivity contribution < 1.29 is 13.5 Å². The number of sulfonamides is 1. The Morgan fingerprint density at radius 3 is 2.56 bits per heavy atom. The van der Waals surface area contributed by atoms with E-state index in [1.54, 1.807) is 12.1 Å². The van der Waals surface area contributed by atoms with Gasteiger partial charge in [-0.25, -0.2) is 8.42 Å². The molecule has 1 N–H and O–H groups in total. The van der Waals surface area contributed by atoms with Crippen molar-refractivity contribution in [1.82, 2.24) is 4.31 Å². The molecule has 0 bridgehead atoms. The van der Waals surface area contributed by atoms with Gasteiger partial charge in [-0.05, 0) is 34.1 Å². The minimum absolute atomic E-state index is 0.0707. The van der Waals surface area contributed by atoms with Gasteiger partial charge in [0.1, 0.15) is 0 Å². The van der Waals surface area contributed by atoms with Gasteiger partial charge in [0.15, 0.2) is 0 Å². The Balaban J connectivity index is 3.21. The van der Waals surface area contributed by atoms with Crippen LogP contribution in [0.15, 0.2) is 32.0 Å². The van der Waals surface area contributed by atoms with E-state index in [0.717, 1.165) is 4.31 Å². The summed E-state index contributed by atoms with van der Waals surface area (Å²) >= 11 is 6.42. The number of rotatable bonds is 4. The summed E-state index contributed by atoms with van der Waals surface area (Å²) in [6.45, 7) is -0.136. The second-order valence-corrected chi connectivity index (χ2v) is 6.91. The number of aliphatic hydroxyl groups excluding tert-OH is 1. The lowest BCUT2D eigenvalue weighted by Crippen LogP contribution is -2.29. The van der Waals surface area contributed by atoms with Crippen LogP contribution in [0.5, 0.6) is 0 Å². The summed E-state index contributed by atoms with van der Waals surface area (Å²) in [4.78, 5) is 0.179. The van der Waals surface area contributed by atoms with E-state index in [1.807, 2.05) is 0 Å². The van der Waals surface area contributed by atoms with E-state index in [4.69, 9.17) is 5.11 Å². The van der Waals surface area contributed by atoms with Crippen LogP contribution in [0.1, 0.15) is 0 Å². The van der Waals surface area contributed by atoms with E-state index in [-0.39, 0.29) is 18.0 Å². The maximum atomic E-state index is 12.1. The Hall–Kier alpha value is 0.0500. The van der Waals surface area contributed by atoms with Crippen LogP contribution in [-0.4, -0.2) is 38.0 Å². The van der Waals surface area contributed by atoms with E-state index in [2.05, 4.69) is 31.9 Å². The molecule has 0 unspecified atom stereocenters. The Morgan fingerprint density at radius 2 is 2.00 bits per heavy atom. The van der Waals surface area contributed by atoms with Gasteiger partial charge < -0.3 is 5.11 Å². The summed E-state index contributed by atoms with van der Waals surface area (Å²) in [7, 11) is -2.13. The second kappa shape index (κ2) is 5.59. The molecule has 0 saturated carbocycles. The smallest absolute Gasteiger partial charge is 0.244 e. The van der Waals surface area contributed by atoms with E-state index < -0.39 is 10.0 Å². The largest absolute Gasteiger partial charge is 0.395 e. The van der Waals surface area contributed by atoms with Gasteiger partial charge >= 0.3 is 0 Å². The predicted octanol–water partition coefficient (Wildman–Crippen LogP) is 1.82. The standard InChI is InChI=1S/C9H11Br2NO3S/c1-12(4-5-13)16(14,15)9-6-7(10)2-3-8(9)11/h2-3,6,13H,4-5H2,1H3. The monoisotopic (exact) mass is 371 g/mol. The van der Waals surface area contributed by atoms with Crippen molar-refractivity contribution in [1.29, 1.82) is 0 Å². The molecule has 0 atom stereocenters. The molecular formula is C9H11Br2NO3S. The lowest BCUT2D eigenvalue weighted by Gasteiger charge is -2.16. The van der Waals surface area contributed by atoms with Crippen LogP contribution in [0.25, 0.3) is 0 Å². The number of halogens is 2. The van der Waals surface area contributed by atoms with Crippen molar-refractivity contribution >= 4 is 41.9 Å². The summed E-state index contributed by atoms with van der Waals surface area (Å²) in [6, 6.07) is 4.92. The van der Waals surface area contributed by atoms with Crippen molar-refractivity contribution in [3.05, 3.63) is 27.1 Å². The highest BCUT2D eigenvalue weighted by Crippen LogP contribution is 2.27. The molecule has 0 aliphatic heterocycles. The number of hydrogen-bond acceptors (Lipinski definition) is 3. The first-order valence-electron chi connectivity index (χ1n) is 4.42. The zero-order valence-electron chi connectivity index (χ0n) is 8.52. The fraction of sp³-hybridized carbons (Fsp3) is 0.333. The summed E-state index contributed by atoms with van der Waals surface area (Å²) in [5.41, 5.74) is 0. The maximum absolute atomic E-state index is 12.1. The van der Waals surface area contributed by atoms with Gasteiger partial charge in [-0.2, -0.15) is 4.31 Å². The molecule has 1 aromatic carbocycles. The van der Waals surface area contributed by atoms with Crippen LogP contribution in [0.3, 0.4) is 0 Å². The molecule has 0 heterocycles. The van der Waals surface area contributed by atoms with Gasteiger partial charge in [0.05, 0.1) is 11.5 Å². The van der Waals surface area contributed by atoms with Crippen LogP contribution < -0.4 is 0 Å². The molecule has 90 valence electrons. The van der Waals surface area contributed by atoms with E-state index in [0.29, 0.717) is 8.95 Å². The number of likely N-dealkylation sites (N-methyl/N-ethyl adjacent to an activating group) is 1. The number of benzene rings is 1. The van der Waals surface area contributed by atoms with Gasteiger partial charge in [0.2, 0.25) is 10.0 Å². The van der Waals surface area contributed by atoms with Gasteiger partial charge in [-0.15, -0.1) is 0 Å². The second-order valence-electron chi connectivity index (χ2n) is 3.12.